The first-order valence-corrected chi connectivity index (χ1v) is 14.9. The Hall–Kier alpha value is -4.48. The third-order valence-electron chi connectivity index (χ3n) is 8.17. The van der Waals surface area contributed by atoms with Crippen molar-refractivity contribution in [3.05, 3.63) is 87.3 Å². The first kappa shape index (κ1) is 30.5. The number of hydrogen-bond donors (Lipinski definition) is 0. The van der Waals surface area contributed by atoms with Crippen LogP contribution in [0, 0.1) is 18.6 Å². The van der Waals surface area contributed by atoms with Gasteiger partial charge in [0.1, 0.15) is 17.7 Å². The van der Waals surface area contributed by atoms with Crippen LogP contribution in [-0.4, -0.2) is 62.9 Å². The van der Waals surface area contributed by atoms with Gasteiger partial charge in [0.05, 0.1) is 39.3 Å². The van der Waals surface area contributed by atoms with Crippen molar-refractivity contribution in [2.75, 3.05) is 31.1 Å². The number of carbonyl (C=O) groups is 1. The monoisotopic (exact) mass is 632 g/mol. The summed E-state index contributed by atoms with van der Waals surface area (Å²) in [7, 11) is 0. The van der Waals surface area contributed by atoms with Crippen LogP contribution in [0.4, 0.5) is 14.6 Å². The van der Waals surface area contributed by atoms with E-state index in [-0.39, 0.29) is 39.5 Å². The van der Waals surface area contributed by atoms with Crippen LogP contribution in [0.1, 0.15) is 37.9 Å². The minimum Gasteiger partial charge on any atom is -0.464 e. The Morgan fingerprint density at radius 3 is 2.71 bits per heavy atom. The van der Waals surface area contributed by atoms with Gasteiger partial charge in [0.2, 0.25) is 0 Å². The van der Waals surface area contributed by atoms with E-state index in [1.165, 1.54) is 16.9 Å². The number of piperazine rings is 1. The van der Waals surface area contributed by atoms with Crippen LogP contribution >= 0.6 is 11.6 Å². The van der Waals surface area contributed by atoms with Crippen molar-refractivity contribution in [3.8, 4) is 16.9 Å². The van der Waals surface area contributed by atoms with Crippen molar-refractivity contribution in [2.45, 2.75) is 39.7 Å². The van der Waals surface area contributed by atoms with Crippen molar-refractivity contribution in [2.24, 2.45) is 0 Å². The summed E-state index contributed by atoms with van der Waals surface area (Å²) >= 11 is 6.83. The number of fused-ring (bicyclic) bond motifs is 2. The third-order valence-corrected chi connectivity index (χ3v) is 8.46. The predicted octanol–water partition coefficient (Wildman–Crippen LogP) is 6.22. The maximum Gasteiger partial charge on any atom is 0.355 e. The van der Waals surface area contributed by atoms with Gasteiger partial charge in [-0.2, -0.15) is 4.98 Å². The van der Waals surface area contributed by atoms with E-state index < -0.39 is 17.3 Å². The molecule has 1 fully saturated rings. The Bertz CT molecular complexity index is 2060. The van der Waals surface area contributed by atoms with Gasteiger partial charge in [-0.25, -0.2) is 23.1 Å². The molecule has 4 aromatic heterocycles. The molecule has 6 rings (SSSR count). The molecule has 0 aliphatic carbocycles. The number of halogens is 3. The molecule has 5 aromatic rings. The molecule has 9 nitrogen and oxygen atoms in total. The molecule has 1 atom stereocenters. The number of aryl methyl sites for hydroxylation is 1. The van der Waals surface area contributed by atoms with Crippen molar-refractivity contribution >= 4 is 45.7 Å². The number of furan rings is 1. The van der Waals surface area contributed by atoms with Gasteiger partial charge in [-0.05, 0) is 55.2 Å². The molecule has 1 aromatic carbocycles. The molecule has 12 heteroatoms. The maximum atomic E-state index is 15.5. The number of anilines is 1. The Balaban J connectivity index is 1.64. The molecule has 45 heavy (non-hydrogen) atoms. The maximum absolute atomic E-state index is 15.5. The number of benzene rings is 1. The highest BCUT2D eigenvalue weighted by molar-refractivity contribution is 6.34. The average molecular weight is 633 g/mol. The molecule has 5 heterocycles. The van der Waals surface area contributed by atoms with Gasteiger partial charge in [0.25, 0.3) is 0 Å². The van der Waals surface area contributed by atoms with Crippen LogP contribution in [0.5, 0.6) is 0 Å². The normalized spacial score (nSPS) is 15.8. The fourth-order valence-electron chi connectivity index (χ4n) is 6.07. The van der Waals surface area contributed by atoms with Crippen molar-refractivity contribution in [1.29, 1.82) is 0 Å². The van der Waals surface area contributed by atoms with E-state index in [9.17, 15) is 14.0 Å². The van der Waals surface area contributed by atoms with E-state index in [1.54, 1.807) is 18.3 Å². The van der Waals surface area contributed by atoms with Gasteiger partial charge >= 0.3 is 5.69 Å². The summed E-state index contributed by atoms with van der Waals surface area (Å²) in [6, 6.07) is 5.83. The van der Waals surface area contributed by atoms with Crippen LogP contribution in [-0.2, 0) is 4.79 Å². The Morgan fingerprint density at radius 1 is 1.22 bits per heavy atom. The zero-order chi connectivity index (χ0) is 32.2. The molecule has 232 valence electrons. The highest BCUT2D eigenvalue weighted by Gasteiger charge is 2.30. The summed E-state index contributed by atoms with van der Waals surface area (Å²) in [6.07, 6.45) is 3.76. The first-order chi connectivity index (χ1) is 21.5. The molecular weight excluding hydrogens is 602 g/mol. The molecular formula is C33H31ClF2N6O3. The van der Waals surface area contributed by atoms with Crippen LogP contribution < -0.4 is 10.6 Å². The fraction of sp³-hybridized carbons (Fsp3) is 0.303. The second-order valence-corrected chi connectivity index (χ2v) is 12.1. The Labute approximate surface area is 262 Å². The SMILES string of the molecule is C=C(C=O)CN1CCN(c2nc(=O)n(-c3c(C)ccnc3C(C)C)c3nc(-c4c(F)c(F)cc5ccoc45)c(Cl)cc23)[C@@H](C)C1. The molecule has 0 N–H and O–H groups in total. The molecule has 1 aliphatic rings. The number of rotatable bonds is 7. The number of nitrogens with zero attached hydrogens (tertiary/aromatic N) is 6. The van der Waals surface area contributed by atoms with Crippen LogP contribution in [0.2, 0.25) is 5.02 Å². The van der Waals surface area contributed by atoms with Crippen LogP contribution in [0.25, 0.3) is 38.9 Å². The number of pyridine rings is 2. The van der Waals surface area contributed by atoms with E-state index in [0.717, 1.165) is 17.9 Å². The molecule has 1 aliphatic heterocycles. The predicted molar refractivity (Wildman–Crippen MR) is 170 cm³/mol. The van der Waals surface area contributed by atoms with Gasteiger partial charge in [0.15, 0.2) is 17.3 Å². The van der Waals surface area contributed by atoms with E-state index >= 15 is 4.39 Å². The summed E-state index contributed by atoms with van der Waals surface area (Å²) in [5, 5.41) is 0.814. The third kappa shape index (κ3) is 5.29. The fourth-order valence-corrected chi connectivity index (χ4v) is 6.31. The van der Waals surface area contributed by atoms with E-state index in [1.807, 2.05) is 32.6 Å². The summed E-state index contributed by atoms with van der Waals surface area (Å²) in [5.74, 6) is -1.95. The second kappa shape index (κ2) is 11.8. The molecule has 0 unspecified atom stereocenters. The summed E-state index contributed by atoms with van der Waals surface area (Å²) in [6.45, 7) is 13.7. The van der Waals surface area contributed by atoms with Gasteiger partial charge < -0.3 is 9.32 Å². The second-order valence-electron chi connectivity index (χ2n) is 11.7. The summed E-state index contributed by atoms with van der Waals surface area (Å²) < 4.78 is 37.3. The average Bonchev–Trinajstić information content (AvgIpc) is 3.46. The van der Waals surface area contributed by atoms with Gasteiger partial charge in [0, 0.05) is 43.8 Å². The molecule has 0 saturated carbocycles. The van der Waals surface area contributed by atoms with Crippen LogP contribution in [0.15, 0.2) is 58.1 Å². The number of hydrogen-bond acceptors (Lipinski definition) is 8. The highest BCUT2D eigenvalue weighted by Crippen LogP contribution is 2.40. The first-order valence-electron chi connectivity index (χ1n) is 14.6. The molecule has 0 radical (unpaired) electrons. The quantitative estimate of drug-likeness (QED) is 0.154. The van der Waals surface area contributed by atoms with Crippen molar-refractivity contribution in [1.82, 2.24) is 24.4 Å². The smallest absolute Gasteiger partial charge is 0.355 e. The largest absolute Gasteiger partial charge is 0.464 e. The number of aldehydes is 1. The molecule has 0 amide bonds. The topological polar surface area (TPSA) is 97.4 Å². The lowest BCUT2D eigenvalue weighted by Gasteiger charge is -2.41. The summed E-state index contributed by atoms with van der Waals surface area (Å²) in [4.78, 5) is 43.3. The van der Waals surface area contributed by atoms with E-state index in [0.29, 0.717) is 59.7 Å². The molecule has 1 saturated heterocycles. The lowest BCUT2D eigenvalue weighted by atomic mass is 10.0. The van der Waals surface area contributed by atoms with Gasteiger partial charge in [-0.15, -0.1) is 0 Å². The van der Waals surface area contributed by atoms with Gasteiger partial charge in [-0.3, -0.25) is 14.7 Å². The van der Waals surface area contributed by atoms with Crippen molar-refractivity contribution < 1.29 is 18.0 Å². The minimum atomic E-state index is -1.17. The zero-order valence-corrected chi connectivity index (χ0v) is 26.0. The lowest BCUT2D eigenvalue weighted by molar-refractivity contribution is -0.105. The van der Waals surface area contributed by atoms with E-state index in [4.69, 9.17) is 21.0 Å². The number of aromatic nitrogens is 4. The molecule has 0 spiro atoms. The summed E-state index contributed by atoms with van der Waals surface area (Å²) in [5.41, 5.74) is 1.70. The van der Waals surface area contributed by atoms with Gasteiger partial charge in [-0.1, -0.05) is 32.0 Å². The van der Waals surface area contributed by atoms with Crippen molar-refractivity contribution in [3.63, 3.8) is 0 Å². The Morgan fingerprint density at radius 2 is 2.00 bits per heavy atom. The highest BCUT2D eigenvalue weighted by atomic mass is 35.5. The minimum absolute atomic E-state index is 0.0264. The number of carbonyl (C=O) groups excluding carboxylic acids is 1. The van der Waals surface area contributed by atoms with E-state index in [2.05, 4.69) is 21.4 Å². The molecule has 0 bridgehead atoms. The zero-order valence-electron chi connectivity index (χ0n) is 25.3. The lowest BCUT2D eigenvalue weighted by Crippen LogP contribution is -2.53. The standard InChI is InChI=1S/C33H31ClF2N6O3/c1-17(2)27-29(19(4)6-8-37-27)42-32-22(31(39-33(42)44)41-10-9-40(15-20(41)5)14-18(3)16-43)13-23(34)28(38-32)25-26(36)24(35)12-21-7-11-45-30(21)25/h6-8,11-13,16-17,20H,3,9-10,14-15H2,1-2,4-5H3/t20-/m0/s1. The Kier molecular flexibility index (Phi) is 8.00. The van der Waals surface area contributed by atoms with Crippen LogP contribution in [0.3, 0.4) is 0 Å².